The summed E-state index contributed by atoms with van der Waals surface area (Å²) in [6.07, 6.45) is 1.64. The summed E-state index contributed by atoms with van der Waals surface area (Å²) in [6.45, 7) is 0. The zero-order chi connectivity index (χ0) is 14.1. The summed E-state index contributed by atoms with van der Waals surface area (Å²) in [4.78, 5) is 16.7. The molecule has 1 aromatic carbocycles. The van der Waals surface area contributed by atoms with Crippen LogP contribution < -0.4 is 0 Å². The molecule has 3 nitrogen and oxygen atoms in total. The van der Waals surface area contributed by atoms with Crippen molar-refractivity contribution >= 4 is 45.2 Å². The molecule has 0 unspecified atom stereocenters. The van der Waals surface area contributed by atoms with Gasteiger partial charge in [0.15, 0.2) is 5.70 Å². The highest BCUT2D eigenvalue weighted by molar-refractivity contribution is 9.11. The highest BCUT2D eigenvalue weighted by atomic mass is 79.9. The highest BCUT2D eigenvalue weighted by Gasteiger charge is 2.24. The van der Waals surface area contributed by atoms with Gasteiger partial charge in [-0.2, -0.15) is 0 Å². The van der Waals surface area contributed by atoms with E-state index >= 15 is 0 Å². The largest absolute Gasteiger partial charge is 0.402 e. The van der Waals surface area contributed by atoms with E-state index in [0.717, 1.165) is 8.66 Å². The molecule has 100 valence electrons. The van der Waals surface area contributed by atoms with Crippen molar-refractivity contribution in [3.05, 3.63) is 62.1 Å². The normalized spacial score (nSPS) is 16.4. The number of carbonyl (C=O) groups is 1. The highest BCUT2D eigenvalue weighted by Crippen LogP contribution is 2.26. The number of thiophene rings is 1. The van der Waals surface area contributed by atoms with Gasteiger partial charge in [-0.3, -0.25) is 0 Å². The Morgan fingerprint density at radius 2 is 2.15 bits per heavy atom. The fourth-order valence-corrected chi connectivity index (χ4v) is 3.06. The van der Waals surface area contributed by atoms with Crippen LogP contribution in [0.3, 0.4) is 0 Å². The lowest BCUT2D eigenvalue weighted by Crippen LogP contribution is -2.05. The molecule has 0 atom stereocenters. The van der Waals surface area contributed by atoms with E-state index in [9.17, 15) is 9.18 Å². The van der Waals surface area contributed by atoms with Gasteiger partial charge in [0, 0.05) is 10.4 Å². The Morgan fingerprint density at radius 3 is 2.85 bits per heavy atom. The molecule has 0 bridgehead atoms. The Hall–Kier alpha value is -1.79. The number of esters is 1. The first-order valence-corrected chi connectivity index (χ1v) is 7.26. The van der Waals surface area contributed by atoms with E-state index in [0.29, 0.717) is 5.56 Å². The number of halogens is 2. The maximum atomic E-state index is 13.2. The van der Waals surface area contributed by atoms with Crippen LogP contribution in [-0.2, 0) is 9.53 Å². The molecule has 0 aliphatic carbocycles. The van der Waals surface area contributed by atoms with Crippen molar-refractivity contribution in [2.45, 2.75) is 0 Å². The second kappa shape index (κ2) is 5.30. The van der Waals surface area contributed by atoms with Gasteiger partial charge >= 0.3 is 5.97 Å². The van der Waals surface area contributed by atoms with E-state index < -0.39 is 11.8 Å². The van der Waals surface area contributed by atoms with Crippen LogP contribution >= 0.6 is 27.3 Å². The van der Waals surface area contributed by atoms with E-state index in [2.05, 4.69) is 20.9 Å². The molecule has 1 aliphatic rings. The standard InChI is InChI=1S/C14H7BrFNO2S/c15-12-5-4-10(20-12)7-11-14(18)19-13(17-11)8-2-1-3-9(16)6-8/h1-7H/b11-7-. The molecule has 0 fully saturated rings. The SMILES string of the molecule is O=C1OC(c2cccc(F)c2)=N/C1=C\c1ccc(Br)s1. The summed E-state index contributed by atoms with van der Waals surface area (Å²) < 4.78 is 19.2. The van der Waals surface area contributed by atoms with Gasteiger partial charge in [-0.1, -0.05) is 6.07 Å². The van der Waals surface area contributed by atoms with Crippen molar-refractivity contribution in [2.24, 2.45) is 4.99 Å². The Bertz CT molecular complexity index is 751. The monoisotopic (exact) mass is 351 g/mol. The first kappa shape index (κ1) is 13.2. The van der Waals surface area contributed by atoms with Gasteiger partial charge in [0.25, 0.3) is 0 Å². The quantitative estimate of drug-likeness (QED) is 0.606. The number of nitrogens with zero attached hydrogens (tertiary/aromatic N) is 1. The van der Waals surface area contributed by atoms with Crippen molar-refractivity contribution in [3.8, 4) is 0 Å². The number of hydrogen-bond acceptors (Lipinski definition) is 4. The minimum absolute atomic E-state index is 0.122. The van der Waals surface area contributed by atoms with Crippen LogP contribution in [0.25, 0.3) is 6.08 Å². The third-order valence-corrected chi connectivity index (χ3v) is 4.14. The summed E-state index contributed by atoms with van der Waals surface area (Å²) in [6, 6.07) is 9.52. The number of cyclic esters (lactones) is 1. The molecule has 2 aromatic rings. The third-order valence-electron chi connectivity index (χ3n) is 2.57. The number of hydrogen-bond donors (Lipinski definition) is 0. The molecule has 0 amide bonds. The first-order valence-electron chi connectivity index (χ1n) is 5.66. The molecule has 6 heteroatoms. The summed E-state index contributed by atoms with van der Waals surface area (Å²) in [5, 5.41) is 0. The minimum atomic E-state index is -0.534. The van der Waals surface area contributed by atoms with E-state index in [1.54, 1.807) is 18.2 Å². The van der Waals surface area contributed by atoms with Crippen LogP contribution in [0.4, 0.5) is 4.39 Å². The Labute approximate surface area is 126 Å². The van der Waals surface area contributed by atoms with Crippen molar-refractivity contribution in [1.29, 1.82) is 0 Å². The Morgan fingerprint density at radius 1 is 1.30 bits per heavy atom. The zero-order valence-electron chi connectivity index (χ0n) is 9.97. The van der Waals surface area contributed by atoms with Crippen molar-refractivity contribution < 1.29 is 13.9 Å². The molecule has 2 heterocycles. The summed E-state index contributed by atoms with van der Waals surface area (Å²) in [7, 11) is 0. The zero-order valence-corrected chi connectivity index (χ0v) is 12.4. The van der Waals surface area contributed by atoms with E-state index in [4.69, 9.17) is 4.74 Å². The predicted octanol–water partition coefficient (Wildman–Crippen LogP) is 3.99. The molecular weight excluding hydrogens is 345 g/mol. The first-order chi connectivity index (χ1) is 9.61. The maximum absolute atomic E-state index is 13.2. The Kier molecular flexibility index (Phi) is 3.50. The van der Waals surface area contributed by atoms with E-state index in [1.807, 2.05) is 12.1 Å². The molecule has 0 saturated carbocycles. The lowest BCUT2D eigenvalue weighted by molar-refractivity contribution is -0.129. The molecule has 0 N–H and O–H groups in total. The molecule has 20 heavy (non-hydrogen) atoms. The second-order valence-electron chi connectivity index (χ2n) is 3.99. The lowest BCUT2D eigenvalue weighted by Gasteiger charge is -1.98. The van der Waals surface area contributed by atoms with Crippen LogP contribution in [0.1, 0.15) is 10.4 Å². The second-order valence-corrected chi connectivity index (χ2v) is 6.48. The molecule has 0 spiro atoms. The number of ether oxygens (including phenoxy) is 1. The summed E-state index contributed by atoms with van der Waals surface area (Å²) >= 11 is 4.83. The number of benzene rings is 1. The number of rotatable bonds is 2. The lowest BCUT2D eigenvalue weighted by atomic mass is 10.2. The smallest absolute Gasteiger partial charge is 0.363 e. The topological polar surface area (TPSA) is 38.7 Å². The minimum Gasteiger partial charge on any atom is -0.402 e. The van der Waals surface area contributed by atoms with E-state index in [1.165, 1.54) is 23.5 Å². The number of carbonyl (C=O) groups excluding carboxylic acids is 1. The van der Waals surface area contributed by atoms with Crippen LogP contribution in [0.5, 0.6) is 0 Å². The average molecular weight is 352 g/mol. The van der Waals surface area contributed by atoms with Crippen LogP contribution in [0, 0.1) is 5.82 Å². The molecular formula is C14H7BrFNO2S. The van der Waals surface area contributed by atoms with Crippen molar-refractivity contribution in [1.82, 2.24) is 0 Å². The summed E-state index contributed by atoms with van der Waals surface area (Å²) in [5.74, 6) is -0.814. The van der Waals surface area contributed by atoms with E-state index in [-0.39, 0.29) is 11.6 Å². The van der Waals surface area contributed by atoms with Gasteiger partial charge in [-0.05, 0) is 52.3 Å². The van der Waals surface area contributed by atoms with Crippen LogP contribution in [0.2, 0.25) is 0 Å². The van der Waals surface area contributed by atoms with Crippen LogP contribution in [-0.4, -0.2) is 11.9 Å². The van der Waals surface area contributed by atoms with Crippen molar-refractivity contribution in [2.75, 3.05) is 0 Å². The summed E-state index contributed by atoms with van der Waals surface area (Å²) in [5.41, 5.74) is 0.646. The van der Waals surface area contributed by atoms with Crippen molar-refractivity contribution in [3.63, 3.8) is 0 Å². The molecule has 3 rings (SSSR count). The fraction of sp³-hybridized carbons (Fsp3) is 0. The molecule has 1 aliphatic heterocycles. The number of aliphatic imine (C=N–C) groups is 1. The average Bonchev–Trinajstić information content (AvgIpc) is 2.97. The van der Waals surface area contributed by atoms with Gasteiger partial charge in [0.2, 0.25) is 5.90 Å². The van der Waals surface area contributed by atoms with Gasteiger partial charge in [-0.15, -0.1) is 11.3 Å². The molecule has 0 saturated heterocycles. The Balaban J connectivity index is 1.94. The predicted molar refractivity (Wildman–Crippen MR) is 79.0 cm³/mol. The van der Waals surface area contributed by atoms with Gasteiger partial charge in [0.05, 0.1) is 3.79 Å². The van der Waals surface area contributed by atoms with Gasteiger partial charge in [-0.25, -0.2) is 14.2 Å². The maximum Gasteiger partial charge on any atom is 0.363 e. The van der Waals surface area contributed by atoms with Crippen LogP contribution in [0.15, 0.2) is 50.9 Å². The van der Waals surface area contributed by atoms with Gasteiger partial charge in [0.1, 0.15) is 5.82 Å². The third kappa shape index (κ3) is 2.71. The fourth-order valence-electron chi connectivity index (χ4n) is 1.69. The molecule has 0 radical (unpaired) electrons. The van der Waals surface area contributed by atoms with Gasteiger partial charge < -0.3 is 4.74 Å². The molecule has 1 aromatic heterocycles.